The number of anilines is 1. The molecular weight excluding hydrogens is 350 g/mol. The molecule has 1 fully saturated rings. The van der Waals surface area contributed by atoms with Gasteiger partial charge in [-0.15, -0.1) is 0 Å². The second-order valence-corrected chi connectivity index (χ2v) is 7.55. The van der Waals surface area contributed by atoms with Gasteiger partial charge < -0.3 is 10.1 Å². The summed E-state index contributed by atoms with van der Waals surface area (Å²) in [5.41, 5.74) is 2.13. The maximum absolute atomic E-state index is 12.6. The molecule has 0 bridgehead atoms. The van der Waals surface area contributed by atoms with Crippen LogP contribution in [0.3, 0.4) is 0 Å². The predicted molar refractivity (Wildman–Crippen MR) is 114 cm³/mol. The van der Waals surface area contributed by atoms with Crippen molar-refractivity contribution in [1.82, 2.24) is 9.80 Å². The number of likely N-dealkylation sites (tertiary alicyclic amines) is 1. The Morgan fingerprint density at radius 2 is 1.71 bits per heavy atom. The number of piperidine rings is 1. The van der Waals surface area contributed by atoms with E-state index in [9.17, 15) is 4.79 Å². The molecular formula is C23H31N3O2. The molecule has 0 radical (unpaired) electrons. The average Bonchev–Trinajstić information content (AvgIpc) is 2.71. The van der Waals surface area contributed by atoms with Gasteiger partial charge >= 0.3 is 0 Å². The smallest absolute Gasteiger partial charge is 0.238 e. The van der Waals surface area contributed by atoms with Crippen molar-refractivity contribution in [2.45, 2.75) is 25.3 Å². The molecule has 1 aliphatic rings. The molecule has 1 aliphatic heterocycles. The van der Waals surface area contributed by atoms with Crippen LogP contribution in [-0.4, -0.2) is 56.0 Å². The maximum atomic E-state index is 12.6. The van der Waals surface area contributed by atoms with Crippen LogP contribution in [-0.2, 0) is 10.3 Å². The van der Waals surface area contributed by atoms with Crippen LogP contribution in [0.4, 0.5) is 5.69 Å². The lowest BCUT2D eigenvalue weighted by atomic mass is 9.80. The molecule has 1 heterocycles. The molecule has 5 nitrogen and oxygen atoms in total. The summed E-state index contributed by atoms with van der Waals surface area (Å²) in [6, 6.07) is 18.3. The Morgan fingerprint density at radius 1 is 1.07 bits per heavy atom. The number of carbonyl (C=O) groups excluding carboxylic acids is 1. The number of nitrogens with one attached hydrogen (secondary N) is 1. The fraction of sp³-hybridized carbons (Fsp3) is 0.435. The van der Waals surface area contributed by atoms with Gasteiger partial charge in [0.05, 0.1) is 18.8 Å². The van der Waals surface area contributed by atoms with E-state index in [1.165, 1.54) is 5.56 Å². The number of hydrogen-bond donors (Lipinski definition) is 1. The fourth-order valence-electron chi connectivity index (χ4n) is 4.07. The number of rotatable bonds is 7. The standard InChI is InChI=1S/C23H31N3O2/c1-4-28-21-13-9-8-12-20(21)24-22(27)18-26-16-14-23(15-17-26,25(2)3)19-10-6-5-7-11-19/h5-13H,4,14-18H2,1-3H3,(H,24,27). The largest absolute Gasteiger partial charge is 0.492 e. The molecule has 5 heteroatoms. The van der Waals surface area contributed by atoms with E-state index in [4.69, 9.17) is 4.74 Å². The van der Waals surface area contributed by atoms with E-state index < -0.39 is 0 Å². The first-order valence-electron chi connectivity index (χ1n) is 10.0. The van der Waals surface area contributed by atoms with E-state index in [1.807, 2.05) is 31.2 Å². The number of ether oxygens (including phenoxy) is 1. The first-order chi connectivity index (χ1) is 13.5. The van der Waals surface area contributed by atoms with Gasteiger partial charge in [0.25, 0.3) is 0 Å². The third-order valence-corrected chi connectivity index (χ3v) is 5.68. The van der Waals surface area contributed by atoms with Crippen molar-refractivity contribution in [2.75, 3.05) is 45.7 Å². The summed E-state index contributed by atoms with van der Waals surface area (Å²) in [6.45, 7) is 4.71. The summed E-state index contributed by atoms with van der Waals surface area (Å²) >= 11 is 0. The lowest BCUT2D eigenvalue weighted by Gasteiger charge is -2.46. The summed E-state index contributed by atoms with van der Waals surface area (Å²) in [5.74, 6) is 0.719. The highest BCUT2D eigenvalue weighted by Crippen LogP contribution is 2.37. The SMILES string of the molecule is CCOc1ccccc1NC(=O)CN1CCC(c2ccccc2)(N(C)C)CC1. The Morgan fingerprint density at radius 3 is 2.36 bits per heavy atom. The van der Waals surface area contributed by atoms with E-state index in [-0.39, 0.29) is 11.4 Å². The van der Waals surface area contributed by atoms with Crippen LogP contribution in [0.25, 0.3) is 0 Å². The van der Waals surface area contributed by atoms with Gasteiger partial charge in [0, 0.05) is 18.6 Å². The van der Waals surface area contributed by atoms with Gasteiger partial charge in [0.1, 0.15) is 5.75 Å². The lowest BCUT2D eigenvalue weighted by molar-refractivity contribution is -0.118. The molecule has 2 aromatic rings. The average molecular weight is 382 g/mol. The summed E-state index contributed by atoms with van der Waals surface area (Å²) in [5, 5.41) is 3.00. The predicted octanol–water partition coefficient (Wildman–Crippen LogP) is 3.58. The molecule has 0 aromatic heterocycles. The van der Waals surface area contributed by atoms with Crippen molar-refractivity contribution in [2.24, 2.45) is 0 Å². The zero-order valence-electron chi connectivity index (χ0n) is 17.1. The van der Waals surface area contributed by atoms with Crippen molar-refractivity contribution in [1.29, 1.82) is 0 Å². The van der Waals surface area contributed by atoms with Crippen molar-refractivity contribution in [3.63, 3.8) is 0 Å². The third-order valence-electron chi connectivity index (χ3n) is 5.68. The Balaban J connectivity index is 1.60. The molecule has 1 saturated heterocycles. The highest BCUT2D eigenvalue weighted by atomic mass is 16.5. The Kier molecular flexibility index (Phi) is 6.70. The molecule has 0 saturated carbocycles. The summed E-state index contributed by atoms with van der Waals surface area (Å²) in [7, 11) is 4.31. The van der Waals surface area contributed by atoms with Gasteiger partial charge in [0.15, 0.2) is 0 Å². The lowest BCUT2D eigenvalue weighted by Crippen LogP contribution is -2.51. The minimum atomic E-state index is 0.00390. The zero-order chi connectivity index (χ0) is 20.0. The number of carbonyl (C=O) groups is 1. The van der Waals surface area contributed by atoms with Crippen LogP contribution >= 0.6 is 0 Å². The highest BCUT2D eigenvalue weighted by molar-refractivity contribution is 5.93. The maximum Gasteiger partial charge on any atom is 0.238 e. The molecule has 150 valence electrons. The highest BCUT2D eigenvalue weighted by Gasteiger charge is 2.38. The summed E-state index contributed by atoms with van der Waals surface area (Å²) < 4.78 is 5.60. The quantitative estimate of drug-likeness (QED) is 0.796. The minimum Gasteiger partial charge on any atom is -0.492 e. The van der Waals surface area contributed by atoms with Crippen LogP contribution in [0.1, 0.15) is 25.3 Å². The first kappa shape index (κ1) is 20.4. The van der Waals surface area contributed by atoms with Gasteiger partial charge in [-0.25, -0.2) is 0 Å². The molecule has 0 spiro atoms. The van der Waals surface area contributed by atoms with E-state index in [2.05, 4.69) is 59.5 Å². The van der Waals surface area contributed by atoms with Gasteiger partial charge in [0.2, 0.25) is 5.91 Å². The monoisotopic (exact) mass is 381 g/mol. The Labute approximate surface area is 168 Å². The molecule has 28 heavy (non-hydrogen) atoms. The van der Waals surface area contributed by atoms with E-state index >= 15 is 0 Å². The van der Waals surface area contributed by atoms with E-state index in [1.54, 1.807) is 0 Å². The molecule has 2 aromatic carbocycles. The zero-order valence-corrected chi connectivity index (χ0v) is 17.1. The summed E-state index contributed by atoms with van der Waals surface area (Å²) in [6.07, 6.45) is 2.01. The molecule has 0 atom stereocenters. The topological polar surface area (TPSA) is 44.8 Å². The van der Waals surface area contributed by atoms with Gasteiger partial charge in [-0.2, -0.15) is 0 Å². The van der Waals surface area contributed by atoms with Crippen LogP contribution in [0.2, 0.25) is 0 Å². The van der Waals surface area contributed by atoms with Crippen LogP contribution in [0.5, 0.6) is 5.75 Å². The van der Waals surface area contributed by atoms with Crippen molar-refractivity contribution in [3.05, 3.63) is 60.2 Å². The minimum absolute atomic E-state index is 0.00390. The van der Waals surface area contributed by atoms with Crippen molar-refractivity contribution in [3.8, 4) is 5.75 Å². The number of para-hydroxylation sites is 2. The summed E-state index contributed by atoms with van der Waals surface area (Å²) in [4.78, 5) is 17.2. The molecule has 3 rings (SSSR count). The molecule has 0 unspecified atom stereocenters. The van der Waals surface area contributed by atoms with E-state index in [0.29, 0.717) is 18.9 Å². The Hall–Kier alpha value is -2.37. The van der Waals surface area contributed by atoms with Crippen LogP contribution in [0, 0.1) is 0 Å². The third kappa shape index (κ3) is 4.54. The second-order valence-electron chi connectivity index (χ2n) is 7.55. The number of benzene rings is 2. The molecule has 1 N–H and O–H groups in total. The number of amides is 1. The van der Waals surface area contributed by atoms with Crippen LogP contribution in [0.15, 0.2) is 54.6 Å². The molecule has 0 aliphatic carbocycles. The van der Waals surface area contributed by atoms with Gasteiger partial charge in [-0.05, 0) is 51.6 Å². The number of nitrogens with zero attached hydrogens (tertiary/aromatic N) is 2. The van der Waals surface area contributed by atoms with Crippen molar-refractivity contribution < 1.29 is 9.53 Å². The fourth-order valence-corrected chi connectivity index (χ4v) is 4.07. The second kappa shape index (κ2) is 9.22. The Bertz CT molecular complexity index is 768. The number of hydrogen-bond acceptors (Lipinski definition) is 4. The van der Waals surface area contributed by atoms with Gasteiger partial charge in [-0.1, -0.05) is 42.5 Å². The van der Waals surface area contributed by atoms with Crippen molar-refractivity contribution >= 4 is 11.6 Å². The van der Waals surface area contributed by atoms with E-state index in [0.717, 1.165) is 31.6 Å². The van der Waals surface area contributed by atoms with Crippen LogP contribution < -0.4 is 10.1 Å². The normalized spacial score (nSPS) is 16.7. The first-order valence-corrected chi connectivity index (χ1v) is 10.0. The van der Waals surface area contributed by atoms with Gasteiger partial charge in [-0.3, -0.25) is 14.6 Å². The molecule has 1 amide bonds.